The summed E-state index contributed by atoms with van der Waals surface area (Å²) in [5, 5.41) is 0.849. The lowest BCUT2D eigenvalue weighted by Gasteiger charge is -2.13. The van der Waals surface area contributed by atoms with E-state index >= 15 is 0 Å². The summed E-state index contributed by atoms with van der Waals surface area (Å²) >= 11 is 12.7. The molecule has 0 unspecified atom stereocenters. The minimum atomic E-state index is 0.294. The molecule has 0 N–H and O–H groups in total. The third-order valence-corrected chi connectivity index (χ3v) is 4.35. The van der Waals surface area contributed by atoms with Crippen LogP contribution in [0.1, 0.15) is 11.4 Å². The monoisotopic (exact) mass is 352 g/mol. The highest BCUT2D eigenvalue weighted by molar-refractivity contribution is 6.43. The molecule has 0 amide bonds. The lowest BCUT2D eigenvalue weighted by Crippen LogP contribution is -2.05. The number of benzene rings is 1. The van der Waals surface area contributed by atoms with E-state index in [1.165, 1.54) is 14.2 Å². The van der Waals surface area contributed by atoms with Crippen molar-refractivity contribution in [2.75, 3.05) is 14.2 Å². The van der Waals surface area contributed by atoms with Crippen LogP contribution in [0.2, 0.25) is 10.0 Å². The van der Waals surface area contributed by atoms with Crippen molar-refractivity contribution in [1.82, 2.24) is 19.5 Å². The van der Waals surface area contributed by atoms with E-state index in [1.54, 1.807) is 12.3 Å². The zero-order chi connectivity index (χ0) is 16.6. The molecule has 1 aromatic carbocycles. The molecule has 0 aliphatic rings. The molecule has 2 aromatic heterocycles. The Morgan fingerprint density at radius 2 is 1.83 bits per heavy atom. The molecule has 23 heavy (non-hydrogen) atoms. The Bertz CT molecular complexity index is 880. The maximum atomic E-state index is 6.41. The van der Waals surface area contributed by atoms with Crippen LogP contribution in [0, 0.1) is 6.92 Å². The van der Waals surface area contributed by atoms with E-state index in [1.807, 2.05) is 17.7 Å². The standard InChI is InChI=1S/C15H14Cl2N4O2/c1-8-18-4-5-21(8)7-9-12(17)10(16)6-11-13(9)20-15(23-3)14(19-11)22-2/h4-6H,7H2,1-3H3. The first-order valence-electron chi connectivity index (χ1n) is 6.79. The maximum Gasteiger partial charge on any atom is 0.278 e. The smallest absolute Gasteiger partial charge is 0.278 e. The van der Waals surface area contributed by atoms with Crippen LogP contribution in [0.5, 0.6) is 11.8 Å². The van der Waals surface area contributed by atoms with Gasteiger partial charge in [0, 0.05) is 18.0 Å². The van der Waals surface area contributed by atoms with E-state index in [2.05, 4.69) is 15.0 Å². The van der Waals surface area contributed by atoms with Crippen molar-refractivity contribution in [3.05, 3.63) is 39.9 Å². The van der Waals surface area contributed by atoms with Gasteiger partial charge in [0.15, 0.2) is 0 Å². The van der Waals surface area contributed by atoms with Gasteiger partial charge in [-0.2, -0.15) is 0 Å². The predicted molar refractivity (Wildman–Crippen MR) is 88.7 cm³/mol. The van der Waals surface area contributed by atoms with Crippen molar-refractivity contribution in [2.45, 2.75) is 13.5 Å². The lowest BCUT2D eigenvalue weighted by atomic mass is 10.1. The molecule has 0 aliphatic heterocycles. The molecule has 0 aliphatic carbocycles. The lowest BCUT2D eigenvalue weighted by molar-refractivity contribution is 0.334. The number of aryl methyl sites for hydroxylation is 1. The number of ether oxygens (including phenoxy) is 2. The highest BCUT2D eigenvalue weighted by atomic mass is 35.5. The Balaban J connectivity index is 2.25. The van der Waals surface area contributed by atoms with Crippen LogP contribution >= 0.6 is 23.2 Å². The largest absolute Gasteiger partial charge is 0.477 e. The van der Waals surface area contributed by atoms with Crippen LogP contribution in [0.4, 0.5) is 0 Å². The Morgan fingerprint density at radius 3 is 2.43 bits per heavy atom. The zero-order valence-electron chi connectivity index (χ0n) is 12.8. The van der Waals surface area contributed by atoms with Crippen LogP contribution in [-0.4, -0.2) is 33.7 Å². The molecule has 2 heterocycles. The third kappa shape index (κ3) is 2.80. The molecule has 0 bridgehead atoms. The Kier molecular flexibility index (Phi) is 4.28. The third-order valence-electron chi connectivity index (χ3n) is 3.52. The number of rotatable bonds is 4. The van der Waals surface area contributed by atoms with Gasteiger partial charge < -0.3 is 14.0 Å². The van der Waals surface area contributed by atoms with Gasteiger partial charge in [-0.15, -0.1) is 0 Å². The molecule has 8 heteroatoms. The second-order valence-electron chi connectivity index (χ2n) is 4.86. The maximum absolute atomic E-state index is 6.41. The molecule has 0 radical (unpaired) electrons. The molecule has 0 saturated heterocycles. The quantitative estimate of drug-likeness (QED) is 0.718. The average Bonchev–Trinajstić information content (AvgIpc) is 2.95. The van der Waals surface area contributed by atoms with E-state index in [-0.39, 0.29) is 0 Å². The fraction of sp³-hybridized carbons (Fsp3) is 0.267. The molecule has 0 saturated carbocycles. The zero-order valence-corrected chi connectivity index (χ0v) is 14.3. The van der Waals surface area contributed by atoms with Gasteiger partial charge in [0.2, 0.25) is 0 Å². The van der Waals surface area contributed by atoms with E-state index in [4.69, 9.17) is 32.7 Å². The van der Waals surface area contributed by atoms with E-state index in [0.717, 1.165) is 11.4 Å². The SMILES string of the molecule is COc1nc2cc(Cl)c(Cl)c(Cn3ccnc3C)c2nc1OC. The first-order valence-corrected chi connectivity index (χ1v) is 7.55. The summed E-state index contributed by atoms with van der Waals surface area (Å²) in [5.74, 6) is 1.45. The van der Waals surface area contributed by atoms with Gasteiger partial charge in [-0.1, -0.05) is 23.2 Å². The summed E-state index contributed by atoms with van der Waals surface area (Å²) in [7, 11) is 3.02. The molecule has 120 valence electrons. The average molecular weight is 353 g/mol. The fourth-order valence-corrected chi connectivity index (χ4v) is 2.74. The highest BCUT2D eigenvalue weighted by Crippen LogP contribution is 2.35. The molecule has 3 aromatic rings. The number of hydrogen-bond acceptors (Lipinski definition) is 5. The van der Waals surface area contributed by atoms with Crippen LogP contribution in [0.25, 0.3) is 11.0 Å². The number of nitrogens with zero attached hydrogens (tertiary/aromatic N) is 4. The Morgan fingerprint density at radius 1 is 1.13 bits per heavy atom. The van der Waals surface area contributed by atoms with E-state index in [0.29, 0.717) is 39.4 Å². The molecule has 6 nitrogen and oxygen atoms in total. The van der Waals surface area contributed by atoms with E-state index in [9.17, 15) is 0 Å². The van der Waals surface area contributed by atoms with Crippen molar-refractivity contribution in [3.63, 3.8) is 0 Å². The summed E-state index contributed by atoms with van der Waals surface area (Å²) < 4.78 is 12.4. The van der Waals surface area contributed by atoms with Gasteiger partial charge in [-0.3, -0.25) is 0 Å². The normalized spacial score (nSPS) is 11.0. The number of halogens is 2. The predicted octanol–water partition coefficient (Wildman–Crippen LogP) is 3.51. The Labute approximate surface area is 143 Å². The summed E-state index contributed by atoms with van der Waals surface area (Å²) in [6.45, 7) is 2.39. The first kappa shape index (κ1) is 15.8. The van der Waals surface area contributed by atoms with Crippen molar-refractivity contribution in [1.29, 1.82) is 0 Å². The molecule has 0 fully saturated rings. The number of hydrogen-bond donors (Lipinski definition) is 0. The summed E-state index contributed by atoms with van der Waals surface area (Å²) in [6, 6.07) is 1.67. The first-order chi connectivity index (χ1) is 11.0. The van der Waals surface area contributed by atoms with Crippen LogP contribution in [0.3, 0.4) is 0 Å². The molecule has 0 atom stereocenters. The van der Waals surface area contributed by atoms with Crippen molar-refractivity contribution in [3.8, 4) is 11.8 Å². The van der Waals surface area contributed by atoms with Crippen molar-refractivity contribution < 1.29 is 9.47 Å². The van der Waals surface area contributed by atoms with Gasteiger partial charge in [0.25, 0.3) is 11.8 Å². The minimum Gasteiger partial charge on any atom is -0.477 e. The second-order valence-corrected chi connectivity index (χ2v) is 5.65. The van der Waals surface area contributed by atoms with Crippen molar-refractivity contribution in [2.24, 2.45) is 0 Å². The topological polar surface area (TPSA) is 62.1 Å². The summed E-state index contributed by atoms with van der Waals surface area (Å²) in [4.78, 5) is 13.1. The second kappa shape index (κ2) is 6.22. The summed E-state index contributed by atoms with van der Waals surface area (Å²) in [6.07, 6.45) is 3.60. The van der Waals surface area contributed by atoms with E-state index < -0.39 is 0 Å². The number of methoxy groups -OCH3 is 2. The van der Waals surface area contributed by atoms with Crippen molar-refractivity contribution >= 4 is 34.2 Å². The van der Waals surface area contributed by atoms with Crippen LogP contribution in [0.15, 0.2) is 18.5 Å². The molecular weight excluding hydrogens is 339 g/mol. The summed E-state index contributed by atoms with van der Waals surface area (Å²) in [5.41, 5.74) is 1.96. The van der Waals surface area contributed by atoms with Gasteiger partial charge in [0.05, 0.1) is 41.8 Å². The van der Waals surface area contributed by atoms with Gasteiger partial charge in [-0.05, 0) is 13.0 Å². The molecule has 0 spiro atoms. The number of fused-ring (bicyclic) bond motifs is 1. The highest BCUT2D eigenvalue weighted by Gasteiger charge is 2.18. The van der Waals surface area contributed by atoms with Crippen LogP contribution in [-0.2, 0) is 6.54 Å². The number of imidazole rings is 1. The fourth-order valence-electron chi connectivity index (χ4n) is 2.32. The van der Waals surface area contributed by atoms with Gasteiger partial charge in [0.1, 0.15) is 5.82 Å². The molecular formula is C15H14Cl2N4O2. The van der Waals surface area contributed by atoms with Gasteiger partial charge in [-0.25, -0.2) is 15.0 Å². The molecule has 3 rings (SSSR count). The number of aromatic nitrogens is 4. The Hall–Kier alpha value is -2.05. The minimum absolute atomic E-state index is 0.294. The van der Waals surface area contributed by atoms with Gasteiger partial charge >= 0.3 is 0 Å². The van der Waals surface area contributed by atoms with Crippen LogP contribution < -0.4 is 9.47 Å².